The summed E-state index contributed by atoms with van der Waals surface area (Å²) in [4.78, 5) is 31.8. The van der Waals surface area contributed by atoms with Crippen molar-refractivity contribution in [2.75, 3.05) is 0 Å². The van der Waals surface area contributed by atoms with Crippen molar-refractivity contribution >= 4 is 17.3 Å². The van der Waals surface area contributed by atoms with Gasteiger partial charge in [0.2, 0.25) is 5.78 Å². The second-order valence-electron chi connectivity index (χ2n) is 3.04. The number of nitro groups is 1. The quantitative estimate of drug-likeness (QED) is 0.423. The largest absolute Gasteiger partial charge is 0.291 e. The van der Waals surface area contributed by atoms with Crippen LogP contribution in [0.1, 0.15) is 12.5 Å². The number of carbonyl (C=O) groups is 2. The van der Waals surface area contributed by atoms with E-state index in [2.05, 4.69) is 0 Å². The zero-order valence-corrected chi connectivity index (χ0v) is 8.10. The fourth-order valence-electron chi connectivity index (χ4n) is 1.14. The lowest BCUT2D eigenvalue weighted by atomic mass is 10.1. The molecule has 0 saturated heterocycles. The number of nitro benzene ring substituents is 1. The number of benzene rings is 1. The minimum Gasteiger partial charge on any atom is -0.291 e. The van der Waals surface area contributed by atoms with Crippen molar-refractivity contribution in [2.24, 2.45) is 0 Å². The maximum absolute atomic E-state index is 11.1. The molecule has 0 spiro atoms. The molecule has 5 nitrogen and oxygen atoms in total. The molecule has 0 radical (unpaired) electrons. The smallest absolute Gasteiger partial charge is 0.273 e. The summed E-state index contributed by atoms with van der Waals surface area (Å²) in [6.45, 7) is 1.15. The first kappa shape index (κ1) is 11.0. The monoisotopic (exact) mass is 207 g/mol. The highest BCUT2D eigenvalue weighted by atomic mass is 16.6. The van der Waals surface area contributed by atoms with Gasteiger partial charge in [0, 0.05) is 25.0 Å². The highest BCUT2D eigenvalue weighted by Crippen LogP contribution is 2.18. The van der Waals surface area contributed by atoms with Crippen molar-refractivity contribution in [1.29, 1.82) is 0 Å². The summed E-state index contributed by atoms with van der Waals surface area (Å²) in [5.74, 6) is -1.21. The van der Waals surface area contributed by atoms with Crippen LogP contribution in [0.5, 0.6) is 0 Å². The lowest BCUT2D eigenvalue weighted by Crippen LogP contribution is -2.13. The molecule has 0 aromatic heterocycles. The number of rotatable bonds is 4. The molecule has 0 N–H and O–H groups in total. The Morgan fingerprint density at radius 1 is 1.33 bits per heavy atom. The SMILES string of the molecule is CC(=O)C(=O)Cc1ccccc1[N+](=O)[O-]. The molecule has 1 rings (SSSR count). The predicted octanol–water partition coefficient (Wildman–Crippen LogP) is 1.30. The minimum atomic E-state index is -0.621. The Balaban J connectivity index is 2.99. The van der Waals surface area contributed by atoms with Crippen molar-refractivity contribution in [3.8, 4) is 0 Å². The van der Waals surface area contributed by atoms with Crippen LogP contribution in [0.2, 0.25) is 0 Å². The third kappa shape index (κ3) is 2.70. The maximum atomic E-state index is 11.1. The van der Waals surface area contributed by atoms with E-state index >= 15 is 0 Å². The van der Waals surface area contributed by atoms with E-state index in [9.17, 15) is 19.7 Å². The third-order valence-corrected chi connectivity index (χ3v) is 1.93. The van der Waals surface area contributed by atoms with Gasteiger partial charge in [-0.15, -0.1) is 0 Å². The molecule has 0 aliphatic heterocycles. The average Bonchev–Trinajstić information content (AvgIpc) is 2.18. The van der Waals surface area contributed by atoms with Gasteiger partial charge in [0.25, 0.3) is 5.69 Å². The van der Waals surface area contributed by atoms with Crippen molar-refractivity contribution in [1.82, 2.24) is 0 Å². The summed E-state index contributed by atoms with van der Waals surface area (Å²) in [5.41, 5.74) is 0.134. The molecule has 0 unspecified atom stereocenters. The molecule has 15 heavy (non-hydrogen) atoms. The Labute approximate surface area is 85.9 Å². The lowest BCUT2D eigenvalue weighted by Gasteiger charge is -1.99. The van der Waals surface area contributed by atoms with E-state index in [0.29, 0.717) is 0 Å². The van der Waals surface area contributed by atoms with Crippen LogP contribution in [-0.4, -0.2) is 16.5 Å². The topological polar surface area (TPSA) is 77.3 Å². The van der Waals surface area contributed by atoms with Crippen LogP contribution in [0.25, 0.3) is 0 Å². The molecule has 0 aliphatic rings. The minimum absolute atomic E-state index is 0.132. The van der Waals surface area contributed by atoms with Crippen LogP contribution in [-0.2, 0) is 16.0 Å². The first-order valence-electron chi connectivity index (χ1n) is 4.28. The van der Waals surface area contributed by atoms with E-state index in [0.717, 1.165) is 6.92 Å². The lowest BCUT2D eigenvalue weighted by molar-refractivity contribution is -0.385. The molecule has 0 heterocycles. The number of Topliss-reactive ketones (excluding diaryl/α,β-unsaturated/α-hetero) is 2. The van der Waals surface area contributed by atoms with Crippen LogP contribution in [0.15, 0.2) is 24.3 Å². The zero-order valence-electron chi connectivity index (χ0n) is 8.10. The van der Waals surface area contributed by atoms with E-state index in [-0.39, 0.29) is 17.7 Å². The molecule has 1 aromatic rings. The van der Waals surface area contributed by atoms with Gasteiger partial charge in [-0.25, -0.2) is 0 Å². The second-order valence-corrected chi connectivity index (χ2v) is 3.04. The Morgan fingerprint density at radius 3 is 2.47 bits per heavy atom. The summed E-state index contributed by atoms with van der Waals surface area (Å²) in [5, 5.41) is 10.6. The van der Waals surface area contributed by atoms with Gasteiger partial charge >= 0.3 is 0 Å². The number of para-hydroxylation sites is 1. The number of hydrogen-bond donors (Lipinski definition) is 0. The standard InChI is InChI=1S/C10H9NO4/c1-7(12)10(13)6-8-4-2-3-5-9(8)11(14)15/h2-5H,6H2,1H3. The Hall–Kier alpha value is -2.04. The second kappa shape index (κ2) is 4.45. The molecule has 0 amide bonds. The molecule has 78 valence electrons. The van der Waals surface area contributed by atoms with Crippen LogP contribution in [0.4, 0.5) is 5.69 Å². The summed E-state index contributed by atoms with van der Waals surface area (Å²) in [6.07, 6.45) is -0.216. The van der Waals surface area contributed by atoms with Crippen molar-refractivity contribution in [2.45, 2.75) is 13.3 Å². The highest BCUT2D eigenvalue weighted by molar-refractivity contribution is 6.36. The van der Waals surface area contributed by atoms with Gasteiger partial charge < -0.3 is 0 Å². The Morgan fingerprint density at radius 2 is 1.93 bits per heavy atom. The summed E-state index contributed by atoms with van der Waals surface area (Å²) in [7, 11) is 0. The summed E-state index contributed by atoms with van der Waals surface area (Å²) >= 11 is 0. The van der Waals surface area contributed by atoms with Gasteiger partial charge in [-0.05, 0) is 0 Å². The molecular formula is C10H9NO4. The van der Waals surface area contributed by atoms with Gasteiger partial charge in [0.15, 0.2) is 5.78 Å². The predicted molar refractivity (Wildman–Crippen MR) is 52.5 cm³/mol. The molecule has 5 heteroatoms. The Kier molecular flexibility index (Phi) is 3.28. The summed E-state index contributed by atoms with van der Waals surface area (Å²) < 4.78 is 0. The molecular weight excluding hydrogens is 198 g/mol. The average molecular weight is 207 g/mol. The van der Waals surface area contributed by atoms with E-state index in [1.807, 2.05) is 0 Å². The molecule has 1 aromatic carbocycles. The van der Waals surface area contributed by atoms with E-state index in [1.165, 1.54) is 18.2 Å². The van der Waals surface area contributed by atoms with Crippen LogP contribution < -0.4 is 0 Å². The fraction of sp³-hybridized carbons (Fsp3) is 0.200. The molecule has 0 aliphatic carbocycles. The first-order chi connectivity index (χ1) is 7.02. The first-order valence-corrected chi connectivity index (χ1v) is 4.28. The van der Waals surface area contributed by atoms with Gasteiger partial charge in [0.1, 0.15) is 0 Å². The van der Waals surface area contributed by atoms with Gasteiger partial charge in [-0.1, -0.05) is 18.2 Å². The number of ketones is 2. The highest BCUT2D eigenvalue weighted by Gasteiger charge is 2.17. The molecule has 0 bridgehead atoms. The zero-order chi connectivity index (χ0) is 11.4. The van der Waals surface area contributed by atoms with Crippen molar-refractivity contribution in [3.05, 3.63) is 39.9 Å². The van der Waals surface area contributed by atoms with E-state index in [4.69, 9.17) is 0 Å². The van der Waals surface area contributed by atoms with E-state index in [1.54, 1.807) is 6.07 Å². The number of hydrogen-bond acceptors (Lipinski definition) is 4. The third-order valence-electron chi connectivity index (χ3n) is 1.93. The summed E-state index contributed by atoms with van der Waals surface area (Å²) in [6, 6.07) is 5.89. The van der Waals surface area contributed by atoms with Gasteiger partial charge in [0.05, 0.1) is 4.92 Å². The number of nitrogens with zero attached hydrogens (tertiary/aromatic N) is 1. The van der Waals surface area contributed by atoms with Gasteiger partial charge in [-0.2, -0.15) is 0 Å². The van der Waals surface area contributed by atoms with Gasteiger partial charge in [-0.3, -0.25) is 19.7 Å². The molecule has 0 atom stereocenters. The van der Waals surface area contributed by atoms with Crippen molar-refractivity contribution in [3.63, 3.8) is 0 Å². The normalized spacial score (nSPS) is 9.67. The van der Waals surface area contributed by atoms with Crippen LogP contribution >= 0.6 is 0 Å². The molecule has 0 saturated carbocycles. The maximum Gasteiger partial charge on any atom is 0.273 e. The number of carbonyl (C=O) groups excluding carboxylic acids is 2. The fourth-order valence-corrected chi connectivity index (χ4v) is 1.14. The van der Waals surface area contributed by atoms with Crippen LogP contribution in [0, 0.1) is 10.1 Å². The van der Waals surface area contributed by atoms with Crippen molar-refractivity contribution < 1.29 is 14.5 Å². The van der Waals surface area contributed by atoms with Crippen LogP contribution in [0.3, 0.4) is 0 Å². The molecule has 0 fully saturated rings. The van der Waals surface area contributed by atoms with E-state index < -0.39 is 16.5 Å². The Bertz CT molecular complexity index is 425.